The van der Waals surface area contributed by atoms with Crippen LogP contribution in [0.3, 0.4) is 0 Å². The molecule has 0 bridgehead atoms. The summed E-state index contributed by atoms with van der Waals surface area (Å²) in [4.78, 5) is 21.0. The number of hydrogen-bond acceptors (Lipinski definition) is 5. The van der Waals surface area contributed by atoms with E-state index >= 15 is 0 Å². The first kappa shape index (κ1) is 17.1. The van der Waals surface area contributed by atoms with Crippen molar-refractivity contribution in [2.24, 2.45) is 11.8 Å². The Labute approximate surface area is 167 Å². The zero-order valence-electron chi connectivity index (χ0n) is 15.5. The second-order valence-corrected chi connectivity index (χ2v) is 7.30. The summed E-state index contributed by atoms with van der Waals surface area (Å²) in [5.41, 5.74) is 9.86. The van der Waals surface area contributed by atoms with Crippen molar-refractivity contribution in [1.29, 1.82) is 5.26 Å². The molecule has 0 spiro atoms. The molecule has 29 heavy (non-hydrogen) atoms. The molecule has 2 aromatic carbocycles. The van der Waals surface area contributed by atoms with Gasteiger partial charge in [0.2, 0.25) is 5.91 Å². The standard InChI is InChI=1S/C23H17N5O/c24-11-15-8-18(15)23(29)28-22-10-14-7-13(9-20(25)19(14)12-27-22)16-5-6-26-21-4-2-1-3-17(16)21/h1-7,9-10,12,15,18H,8,25H2,(H,27,28,29)/t15?,18-/m0/s1. The molecule has 2 atom stereocenters. The normalized spacial score (nSPS) is 17.8. The summed E-state index contributed by atoms with van der Waals surface area (Å²) in [5, 5.41) is 14.5. The van der Waals surface area contributed by atoms with Crippen LogP contribution in [0.1, 0.15) is 6.42 Å². The number of nitriles is 1. The molecule has 6 heteroatoms. The monoisotopic (exact) mass is 379 g/mol. The highest BCUT2D eigenvalue weighted by atomic mass is 16.2. The molecular weight excluding hydrogens is 362 g/mol. The maximum Gasteiger partial charge on any atom is 0.230 e. The number of benzene rings is 2. The zero-order chi connectivity index (χ0) is 20.0. The van der Waals surface area contributed by atoms with E-state index < -0.39 is 0 Å². The van der Waals surface area contributed by atoms with Crippen molar-refractivity contribution >= 4 is 39.1 Å². The maximum absolute atomic E-state index is 12.2. The van der Waals surface area contributed by atoms with Gasteiger partial charge in [-0.15, -0.1) is 0 Å². The highest BCUT2D eigenvalue weighted by Crippen LogP contribution is 2.39. The summed E-state index contributed by atoms with van der Waals surface area (Å²) >= 11 is 0. The van der Waals surface area contributed by atoms with Crippen molar-refractivity contribution in [3.63, 3.8) is 0 Å². The Hall–Kier alpha value is -3.98. The number of nitrogens with zero attached hydrogens (tertiary/aromatic N) is 3. The van der Waals surface area contributed by atoms with E-state index in [0.29, 0.717) is 17.9 Å². The van der Waals surface area contributed by atoms with Crippen LogP contribution < -0.4 is 11.1 Å². The number of nitrogens with one attached hydrogen (secondary N) is 1. The Kier molecular flexibility index (Phi) is 3.88. The minimum Gasteiger partial charge on any atom is -0.398 e. The quantitative estimate of drug-likeness (QED) is 0.521. The number of pyridine rings is 2. The lowest BCUT2D eigenvalue weighted by Crippen LogP contribution is -2.15. The Morgan fingerprint density at radius 3 is 2.83 bits per heavy atom. The van der Waals surface area contributed by atoms with Crippen LogP contribution in [0.15, 0.2) is 60.9 Å². The average Bonchev–Trinajstić information content (AvgIpc) is 3.53. The molecular formula is C23H17N5O. The van der Waals surface area contributed by atoms with E-state index in [9.17, 15) is 4.79 Å². The summed E-state index contributed by atoms with van der Waals surface area (Å²) in [6, 6.07) is 17.9. The first-order chi connectivity index (χ1) is 14.1. The van der Waals surface area contributed by atoms with Crippen LogP contribution in [-0.2, 0) is 4.79 Å². The lowest BCUT2D eigenvalue weighted by atomic mass is 9.98. The highest BCUT2D eigenvalue weighted by molar-refractivity contribution is 6.03. The first-order valence-corrected chi connectivity index (χ1v) is 9.38. The molecule has 6 nitrogen and oxygen atoms in total. The molecule has 3 N–H and O–H groups in total. The summed E-state index contributed by atoms with van der Waals surface area (Å²) in [6.45, 7) is 0. The third kappa shape index (κ3) is 3.03. The average molecular weight is 379 g/mol. The van der Waals surface area contributed by atoms with E-state index in [1.54, 1.807) is 12.4 Å². The van der Waals surface area contributed by atoms with Gasteiger partial charge in [0.25, 0.3) is 0 Å². The Morgan fingerprint density at radius 2 is 2.00 bits per heavy atom. The van der Waals surface area contributed by atoms with Crippen LogP contribution in [0.5, 0.6) is 0 Å². The van der Waals surface area contributed by atoms with Crippen LogP contribution in [0.2, 0.25) is 0 Å². The van der Waals surface area contributed by atoms with Gasteiger partial charge >= 0.3 is 0 Å². The van der Waals surface area contributed by atoms with E-state index in [4.69, 9.17) is 11.0 Å². The molecule has 5 rings (SSSR count). The number of hydrogen-bond donors (Lipinski definition) is 2. The fourth-order valence-electron chi connectivity index (χ4n) is 3.70. The highest BCUT2D eigenvalue weighted by Gasteiger charge is 2.43. The number of nitrogens with two attached hydrogens (primary N) is 1. The van der Waals surface area contributed by atoms with E-state index in [2.05, 4.69) is 21.4 Å². The summed E-state index contributed by atoms with van der Waals surface area (Å²) in [7, 11) is 0. The summed E-state index contributed by atoms with van der Waals surface area (Å²) < 4.78 is 0. The van der Waals surface area contributed by atoms with E-state index in [-0.39, 0.29) is 17.7 Å². The number of anilines is 2. The molecule has 140 valence electrons. The summed E-state index contributed by atoms with van der Waals surface area (Å²) in [6.07, 6.45) is 4.07. The minimum absolute atomic E-state index is 0.160. The van der Waals surface area contributed by atoms with Crippen molar-refractivity contribution in [2.75, 3.05) is 11.1 Å². The largest absolute Gasteiger partial charge is 0.398 e. The molecule has 0 saturated heterocycles. The van der Waals surface area contributed by atoms with Crippen molar-refractivity contribution in [2.45, 2.75) is 6.42 Å². The van der Waals surface area contributed by atoms with Gasteiger partial charge in [-0.3, -0.25) is 9.78 Å². The van der Waals surface area contributed by atoms with Crippen LogP contribution in [0, 0.1) is 23.2 Å². The molecule has 4 aromatic rings. The molecule has 2 aromatic heterocycles. The molecule has 2 heterocycles. The molecule has 1 aliphatic rings. The van der Waals surface area contributed by atoms with Crippen LogP contribution >= 0.6 is 0 Å². The van der Waals surface area contributed by atoms with E-state index in [0.717, 1.165) is 32.8 Å². The van der Waals surface area contributed by atoms with E-state index in [1.165, 1.54) is 0 Å². The molecule has 1 saturated carbocycles. The third-order valence-electron chi connectivity index (χ3n) is 5.37. The third-order valence-corrected chi connectivity index (χ3v) is 5.37. The van der Waals surface area contributed by atoms with Gasteiger partial charge < -0.3 is 11.1 Å². The fraction of sp³-hybridized carbons (Fsp3) is 0.130. The van der Waals surface area contributed by atoms with Gasteiger partial charge in [0, 0.05) is 28.9 Å². The summed E-state index contributed by atoms with van der Waals surface area (Å²) in [5.74, 6) is -0.121. The number of rotatable bonds is 3. The number of carbonyl (C=O) groups excluding carboxylic acids is 1. The second-order valence-electron chi connectivity index (χ2n) is 7.30. The number of amides is 1. The molecule has 0 radical (unpaired) electrons. The molecule has 1 unspecified atom stereocenters. The number of aromatic nitrogens is 2. The van der Waals surface area contributed by atoms with Crippen molar-refractivity contribution in [1.82, 2.24) is 9.97 Å². The molecule has 1 aliphatic carbocycles. The van der Waals surface area contributed by atoms with Crippen molar-refractivity contribution in [3.8, 4) is 17.2 Å². The van der Waals surface area contributed by atoms with Gasteiger partial charge in [0.1, 0.15) is 5.82 Å². The molecule has 1 amide bonds. The second kappa shape index (κ2) is 6.57. The van der Waals surface area contributed by atoms with Gasteiger partial charge in [0.15, 0.2) is 0 Å². The number of para-hydroxylation sites is 1. The lowest BCUT2D eigenvalue weighted by molar-refractivity contribution is -0.117. The lowest BCUT2D eigenvalue weighted by Gasteiger charge is -2.11. The first-order valence-electron chi connectivity index (χ1n) is 9.38. The molecule has 0 aliphatic heterocycles. The topological polar surface area (TPSA) is 105 Å². The smallest absolute Gasteiger partial charge is 0.230 e. The Morgan fingerprint density at radius 1 is 1.14 bits per heavy atom. The van der Waals surface area contributed by atoms with Gasteiger partial charge in [-0.1, -0.05) is 18.2 Å². The van der Waals surface area contributed by atoms with Crippen LogP contribution in [0.25, 0.3) is 32.8 Å². The molecule has 1 fully saturated rings. The Bertz CT molecular complexity index is 1320. The van der Waals surface area contributed by atoms with Gasteiger partial charge in [0.05, 0.1) is 23.4 Å². The fourth-order valence-corrected chi connectivity index (χ4v) is 3.70. The van der Waals surface area contributed by atoms with Gasteiger partial charge in [-0.05, 0) is 53.3 Å². The van der Waals surface area contributed by atoms with Crippen LogP contribution in [0.4, 0.5) is 11.5 Å². The van der Waals surface area contributed by atoms with Gasteiger partial charge in [-0.25, -0.2) is 4.98 Å². The SMILES string of the molecule is N#CC1C[C@@H]1C(=O)Nc1cc2cc(-c3ccnc4ccccc34)cc(N)c2cn1. The zero-order valence-corrected chi connectivity index (χ0v) is 15.5. The van der Waals surface area contributed by atoms with Crippen molar-refractivity contribution in [3.05, 3.63) is 60.9 Å². The van der Waals surface area contributed by atoms with E-state index in [1.807, 2.05) is 48.5 Å². The number of carbonyl (C=O) groups is 1. The minimum atomic E-state index is -0.239. The number of fused-ring (bicyclic) bond motifs is 2. The maximum atomic E-state index is 12.2. The van der Waals surface area contributed by atoms with Gasteiger partial charge in [-0.2, -0.15) is 5.26 Å². The predicted molar refractivity (Wildman–Crippen MR) is 113 cm³/mol. The van der Waals surface area contributed by atoms with Crippen LogP contribution in [-0.4, -0.2) is 15.9 Å². The number of nitrogen functional groups attached to an aromatic ring is 1. The van der Waals surface area contributed by atoms with Crippen molar-refractivity contribution < 1.29 is 4.79 Å². The Balaban J connectivity index is 1.56. The predicted octanol–water partition coefficient (Wildman–Crippen LogP) is 4.13.